The fourth-order valence-electron chi connectivity index (χ4n) is 2.73. The van der Waals surface area contributed by atoms with Crippen LogP contribution in [0.15, 0.2) is 73.1 Å². The van der Waals surface area contributed by atoms with Gasteiger partial charge in [-0.3, -0.25) is 9.78 Å². The molecule has 138 valence electrons. The fraction of sp³-hybridized carbons (Fsp3) is 0.182. The first-order chi connectivity index (χ1) is 13.1. The molecule has 1 amide bonds. The van der Waals surface area contributed by atoms with Crippen molar-refractivity contribution in [1.29, 1.82) is 0 Å². The van der Waals surface area contributed by atoms with E-state index in [4.69, 9.17) is 4.74 Å². The summed E-state index contributed by atoms with van der Waals surface area (Å²) in [4.78, 5) is 16.5. The van der Waals surface area contributed by atoms with Gasteiger partial charge in [0.15, 0.2) is 0 Å². The van der Waals surface area contributed by atoms with E-state index in [1.165, 1.54) is 6.07 Å². The third kappa shape index (κ3) is 5.38. The van der Waals surface area contributed by atoms with Crippen molar-refractivity contribution in [3.8, 4) is 5.75 Å². The molecule has 3 aromatic rings. The molecule has 0 bridgehead atoms. The molecule has 2 aromatic carbocycles. The molecule has 1 aromatic heterocycles. The summed E-state index contributed by atoms with van der Waals surface area (Å²) in [5, 5.41) is 2.90. The Hall–Kier alpha value is -3.21. The molecular formula is C22H21FN2O2. The van der Waals surface area contributed by atoms with Gasteiger partial charge < -0.3 is 10.1 Å². The van der Waals surface area contributed by atoms with Gasteiger partial charge in [-0.15, -0.1) is 0 Å². The number of nitrogens with zero attached hydrogens (tertiary/aromatic N) is 1. The smallest absolute Gasteiger partial charge is 0.251 e. The minimum atomic E-state index is -0.260. The Morgan fingerprint density at radius 3 is 2.78 bits per heavy atom. The lowest BCUT2D eigenvalue weighted by atomic mass is 10.1. The maximum absolute atomic E-state index is 13.8. The minimum Gasteiger partial charge on any atom is -0.489 e. The van der Waals surface area contributed by atoms with Crippen LogP contribution in [0.4, 0.5) is 4.39 Å². The van der Waals surface area contributed by atoms with E-state index < -0.39 is 0 Å². The lowest BCUT2D eigenvalue weighted by Gasteiger charge is -2.15. The number of nitrogens with one attached hydrogen (secondary N) is 1. The number of ether oxygens (including phenoxy) is 1. The van der Waals surface area contributed by atoms with Crippen LogP contribution in [0, 0.1) is 5.82 Å². The first kappa shape index (κ1) is 18.6. The molecule has 0 spiro atoms. The number of halogens is 1. The topological polar surface area (TPSA) is 51.2 Å². The summed E-state index contributed by atoms with van der Waals surface area (Å²) < 4.78 is 19.5. The van der Waals surface area contributed by atoms with Gasteiger partial charge in [-0.2, -0.15) is 0 Å². The molecule has 0 radical (unpaired) electrons. The predicted octanol–water partition coefficient (Wildman–Crippen LogP) is 4.16. The van der Waals surface area contributed by atoms with Gasteiger partial charge >= 0.3 is 0 Å². The van der Waals surface area contributed by atoms with Crippen molar-refractivity contribution >= 4 is 5.91 Å². The van der Waals surface area contributed by atoms with Crippen molar-refractivity contribution in [2.45, 2.75) is 26.0 Å². The Morgan fingerprint density at radius 2 is 2.00 bits per heavy atom. The highest BCUT2D eigenvalue weighted by molar-refractivity contribution is 5.94. The van der Waals surface area contributed by atoms with Crippen LogP contribution >= 0.6 is 0 Å². The molecule has 3 rings (SSSR count). The summed E-state index contributed by atoms with van der Waals surface area (Å²) in [6.45, 7) is 2.23. The van der Waals surface area contributed by atoms with Crippen molar-refractivity contribution in [3.63, 3.8) is 0 Å². The zero-order valence-corrected chi connectivity index (χ0v) is 15.1. The minimum absolute atomic E-state index is 0.200. The molecule has 5 heteroatoms. The summed E-state index contributed by atoms with van der Waals surface area (Å²) in [6, 6.07) is 17.2. The third-order valence-corrected chi connectivity index (χ3v) is 4.09. The molecule has 1 unspecified atom stereocenters. The van der Waals surface area contributed by atoms with Gasteiger partial charge in [0.05, 0.1) is 0 Å². The van der Waals surface area contributed by atoms with Crippen molar-refractivity contribution in [1.82, 2.24) is 10.3 Å². The maximum Gasteiger partial charge on any atom is 0.251 e. The summed E-state index contributed by atoms with van der Waals surface area (Å²) in [5.74, 6) is 0.128. The number of carbonyl (C=O) groups excluding carboxylic acids is 1. The second-order valence-corrected chi connectivity index (χ2v) is 6.35. The van der Waals surface area contributed by atoms with Crippen LogP contribution in [-0.2, 0) is 13.0 Å². The van der Waals surface area contributed by atoms with Crippen LogP contribution in [0.2, 0.25) is 0 Å². The summed E-state index contributed by atoms with van der Waals surface area (Å²) >= 11 is 0. The van der Waals surface area contributed by atoms with E-state index in [0.29, 0.717) is 29.9 Å². The van der Waals surface area contributed by atoms with Crippen molar-refractivity contribution in [2.75, 3.05) is 0 Å². The quantitative estimate of drug-likeness (QED) is 0.685. The fourth-order valence-corrected chi connectivity index (χ4v) is 2.73. The normalized spacial score (nSPS) is 11.6. The number of rotatable bonds is 7. The molecular weight excluding hydrogens is 343 g/mol. The standard InChI is InChI=1S/C22H21FN2O2/c1-16(12-18-7-2-3-10-21(18)23)25-22(26)19-8-4-9-20(13-19)27-15-17-6-5-11-24-14-17/h2-11,13-14,16H,12,15H2,1H3,(H,25,26). The van der Waals surface area contributed by atoms with Crippen LogP contribution in [-0.4, -0.2) is 16.9 Å². The number of benzene rings is 2. The van der Waals surface area contributed by atoms with E-state index in [1.807, 2.05) is 19.1 Å². The summed E-state index contributed by atoms with van der Waals surface area (Å²) in [6.07, 6.45) is 3.87. The van der Waals surface area contributed by atoms with E-state index in [1.54, 1.807) is 54.9 Å². The van der Waals surface area contributed by atoms with E-state index in [9.17, 15) is 9.18 Å². The van der Waals surface area contributed by atoms with Crippen molar-refractivity contribution in [2.24, 2.45) is 0 Å². The third-order valence-electron chi connectivity index (χ3n) is 4.09. The van der Waals surface area contributed by atoms with E-state index >= 15 is 0 Å². The summed E-state index contributed by atoms with van der Waals surface area (Å²) in [7, 11) is 0. The van der Waals surface area contributed by atoms with Crippen molar-refractivity contribution in [3.05, 3.63) is 95.6 Å². The van der Waals surface area contributed by atoms with Crippen LogP contribution in [0.1, 0.15) is 28.4 Å². The highest BCUT2D eigenvalue weighted by Crippen LogP contribution is 2.16. The number of aromatic nitrogens is 1. The second-order valence-electron chi connectivity index (χ2n) is 6.35. The Balaban J connectivity index is 1.59. The largest absolute Gasteiger partial charge is 0.489 e. The molecule has 27 heavy (non-hydrogen) atoms. The van der Waals surface area contributed by atoms with Crippen LogP contribution < -0.4 is 10.1 Å². The Bertz CT molecular complexity index is 900. The average molecular weight is 364 g/mol. The molecule has 1 atom stereocenters. The number of amides is 1. The van der Waals surface area contributed by atoms with Gasteiger partial charge in [-0.05, 0) is 49.2 Å². The Labute approximate surface area is 158 Å². The number of pyridine rings is 1. The van der Waals surface area contributed by atoms with Gasteiger partial charge in [0.2, 0.25) is 0 Å². The summed E-state index contributed by atoms with van der Waals surface area (Å²) in [5.41, 5.74) is 2.03. The van der Waals surface area contributed by atoms with Gasteiger partial charge in [-0.25, -0.2) is 4.39 Å². The molecule has 0 aliphatic rings. The molecule has 0 aliphatic heterocycles. The lowest BCUT2D eigenvalue weighted by Crippen LogP contribution is -2.34. The highest BCUT2D eigenvalue weighted by atomic mass is 19.1. The van der Waals surface area contributed by atoms with Gasteiger partial charge in [0, 0.05) is 29.6 Å². The monoisotopic (exact) mass is 364 g/mol. The Morgan fingerprint density at radius 1 is 1.15 bits per heavy atom. The van der Waals surface area contributed by atoms with Crippen LogP contribution in [0.25, 0.3) is 0 Å². The molecule has 0 aliphatic carbocycles. The highest BCUT2D eigenvalue weighted by Gasteiger charge is 2.13. The molecule has 0 saturated carbocycles. The number of hydrogen-bond donors (Lipinski definition) is 1. The maximum atomic E-state index is 13.8. The van der Waals surface area contributed by atoms with Gasteiger partial charge in [-0.1, -0.05) is 30.3 Å². The van der Waals surface area contributed by atoms with E-state index in [-0.39, 0.29) is 17.8 Å². The number of carbonyl (C=O) groups is 1. The van der Waals surface area contributed by atoms with Gasteiger partial charge in [0.25, 0.3) is 5.91 Å². The molecule has 1 heterocycles. The molecule has 0 saturated heterocycles. The van der Waals surface area contributed by atoms with Crippen LogP contribution in [0.5, 0.6) is 5.75 Å². The van der Waals surface area contributed by atoms with Crippen LogP contribution in [0.3, 0.4) is 0 Å². The second kappa shape index (κ2) is 8.94. The Kier molecular flexibility index (Phi) is 6.15. The zero-order valence-electron chi connectivity index (χ0n) is 15.1. The van der Waals surface area contributed by atoms with Gasteiger partial charge in [0.1, 0.15) is 18.2 Å². The van der Waals surface area contributed by atoms with Crippen molar-refractivity contribution < 1.29 is 13.9 Å². The van der Waals surface area contributed by atoms with E-state index in [2.05, 4.69) is 10.3 Å². The average Bonchev–Trinajstić information content (AvgIpc) is 2.69. The molecule has 0 fully saturated rings. The number of hydrogen-bond acceptors (Lipinski definition) is 3. The first-order valence-electron chi connectivity index (χ1n) is 8.78. The first-order valence-corrected chi connectivity index (χ1v) is 8.78. The SMILES string of the molecule is CC(Cc1ccccc1F)NC(=O)c1cccc(OCc2cccnc2)c1. The lowest BCUT2D eigenvalue weighted by molar-refractivity contribution is 0.0939. The van der Waals surface area contributed by atoms with E-state index in [0.717, 1.165) is 5.56 Å². The zero-order chi connectivity index (χ0) is 19.1. The molecule has 1 N–H and O–H groups in total. The predicted molar refractivity (Wildman–Crippen MR) is 102 cm³/mol. The molecule has 4 nitrogen and oxygen atoms in total.